The van der Waals surface area contributed by atoms with Crippen LogP contribution in [-0.2, 0) is 6.42 Å². The Morgan fingerprint density at radius 2 is 1.74 bits per heavy atom. The maximum absolute atomic E-state index is 6.14. The van der Waals surface area contributed by atoms with Crippen LogP contribution in [0.3, 0.4) is 0 Å². The Balaban J connectivity index is 1.72. The Hall–Kier alpha value is -3.11. The summed E-state index contributed by atoms with van der Waals surface area (Å²) in [5.41, 5.74) is 6.32. The zero-order chi connectivity index (χ0) is 23.8. The molecule has 1 N–H and O–H groups in total. The second kappa shape index (κ2) is 11.8. The molecule has 3 aromatic rings. The predicted octanol–water partition coefficient (Wildman–Crippen LogP) is 8.31. The molecule has 0 saturated carbocycles. The lowest BCUT2D eigenvalue weighted by Gasteiger charge is -2.12. The van der Waals surface area contributed by atoms with E-state index in [9.17, 15) is 0 Å². The zero-order valence-corrected chi connectivity index (χ0v) is 20.7. The number of unbranched alkanes of at least 4 members (excludes halogenated alkanes) is 2. The van der Waals surface area contributed by atoms with Gasteiger partial charge in [0.25, 0.3) is 0 Å². The van der Waals surface area contributed by atoms with Crippen LogP contribution in [0.5, 0.6) is 5.75 Å². The van der Waals surface area contributed by atoms with Crippen LogP contribution < -0.4 is 10.1 Å². The number of benzene rings is 3. The van der Waals surface area contributed by atoms with Gasteiger partial charge in [-0.15, -0.1) is 0 Å². The van der Waals surface area contributed by atoms with Crippen molar-refractivity contribution in [2.75, 3.05) is 13.2 Å². The van der Waals surface area contributed by atoms with Crippen LogP contribution >= 0.6 is 11.6 Å². The predicted molar refractivity (Wildman–Crippen MR) is 141 cm³/mol. The summed E-state index contributed by atoms with van der Waals surface area (Å²) < 4.78 is 5.74. The molecule has 3 aromatic carbocycles. The van der Waals surface area contributed by atoms with Gasteiger partial charge in [-0.1, -0.05) is 73.8 Å². The Morgan fingerprint density at radius 3 is 2.47 bits per heavy atom. The lowest BCUT2D eigenvalue weighted by Crippen LogP contribution is -2.10. The first-order chi connectivity index (χ1) is 16.7. The summed E-state index contributed by atoms with van der Waals surface area (Å²) in [6.07, 6.45) is 4.47. The number of rotatable bonds is 10. The normalized spacial score (nSPS) is 15.7. The van der Waals surface area contributed by atoms with Crippen molar-refractivity contribution in [3.63, 3.8) is 0 Å². The number of hydrogen-bond donors (Lipinski definition) is 1. The van der Waals surface area contributed by atoms with E-state index in [2.05, 4.69) is 42.6 Å². The van der Waals surface area contributed by atoms with E-state index in [0.29, 0.717) is 6.61 Å². The summed E-state index contributed by atoms with van der Waals surface area (Å²) in [5, 5.41) is 13.9. The van der Waals surface area contributed by atoms with Crippen LogP contribution in [-0.4, -0.2) is 13.2 Å². The van der Waals surface area contributed by atoms with E-state index in [1.807, 2.05) is 49.4 Å². The highest BCUT2D eigenvalue weighted by Gasteiger charge is 2.28. The molecule has 0 spiro atoms. The Labute approximate surface area is 207 Å². The lowest BCUT2D eigenvalue weighted by atomic mass is 9.96. The van der Waals surface area contributed by atoms with Gasteiger partial charge < -0.3 is 10.1 Å². The summed E-state index contributed by atoms with van der Waals surface area (Å²) >= 11 is 6.14. The Bertz CT molecular complexity index is 1140. The smallest absolute Gasteiger partial charge is 0.119 e. The SMILES string of the molecule is CCCCCc1cc(OCC)ccc1N=NC1=C(c2ccc(Cl)cc2)NCC1c1ccccc1. The monoisotopic (exact) mass is 473 g/mol. The van der Waals surface area contributed by atoms with Crippen LogP contribution in [0.15, 0.2) is 88.7 Å². The zero-order valence-electron chi connectivity index (χ0n) is 19.9. The Kier molecular flexibility index (Phi) is 8.37. The van der Waals surface area contributed by atoms with E-state index in [-0.39, 0.29) is 5.92 Å². The average Bonchev–Trinajstić information content (AvgIpc) is 3.29. The van der Waals surface area contributed by atoms with Crippen LogP contribution in [0.25, 0.3) is 5.70 Å². The van der Waals surface area contributed by atoms with Gasteiger partial charge in [-0.3, -0.25) is 0 Å². The third kappa shape index (κ3) is 5.87. The van der Waals surface area contributed by atoms with Gasteiger partial charge in [-0.05, 0) is 66.8 Å². The molecule has 5 heteroatoms. The second-order valence-electron chi connectivity index (χ2n) is 8.49. The van der Waals surface area contributed by atoms with Crippen LogP contribution in [0.4, 0.5) is 5.69 Å². The maximum Gasteiger partial charge on any atom is 0.119 e. The second-order valence-corrected chi connectivity index (χ2v) is 8.93. The largest absolute Gasteiger partial charge is 0.494 e. The van der Waals surface area contributed by atoms with E-state index in [4.69, 9.17) is 26.6 Å². The number of hydrogen-bond acceptors (Lipinski definition) is 4. The molecule has 0 radical (unpaired) electrons. The number of halogens is 1. The van der Waals surface area contributed by atoms with Gasteiger partial charge in [0.1, 0.15) is 5.75 Å². The Morgan fingerprint density at radius 1 is 0.941 bits per heavy atom. The maximum atomic E-state index is 6.14. The molecule has 0 bridgehead atoms. The van der Waals surface area contributed by atoms with Crippen molar-refractivity contribution >= 4 is 23.0 Å². The fraction of sp³-hybridized carbons (Fsp3) is 0.310. The van der Waals surface area contributed by atoms with Crippen molar-refractivity contribution in [3.05, 3.63) is 100 Å². The number of aryl methyl sites for hydroxylation is 1. The lowest BCUT2D eigenvalue weighted by molar-refractivity contribution is 0.340. The first-order valence-electron chi connectivity index (χ1n) is 12.2. The molecule has 0 amide bonds. The van der Waals surface area contributed by atoms with Crippen molar-refractivity contribution < 1.29 is 4.74 Å². The van der Waals surface area contributed by atoms with Crippen molar-refractivity contribution in [1.82, 2.24) is 5.32 Å². The molecule has 4 rings (SSSR count). The van der Waals surface area contributed by atoms with Crippen LogP contribution in [0.2, 0.25) is 5.02 Å². The highest BCUT2D eigenvalue weighted by Crippen LogP contribution is 2.37. The quantitative estimate of drug-likeness (QED) is 0.237. The molecule has 1 unspecified atom stereocenters. The molecule has 34 heavy (non-hydrogen) atoms. The third-order valence-corrected chi connectivity index (χ3v) is 6.33. The topological polar surface area (TPSA) is 46.0 Å². The molecule has 1 aliphatic heterocycles. The molecule has 0 aliphatic carbocycles. The number of azo groups is 1. The van der Waals surface area contributed by atoms with Crippen LogP contribution in [0.1, 0.15) is 55.7 Å². The minimum Gasteiger partial charge on any atom is -0.494 e. The number of ether oxygens (including phenoxy) is 1. The highest BCUT2D eigenvalue weighted by atomic mass is 35.5. The fourth-order valence-corrected chi connectivity index (χ4v) is 4.43. The molecular weight excluding hydrogens is 442 g/mol. The van der Waals surface area contributed by atoms with Gasteiger partial charge >= 0.3 is 0 Å². The van der Waals surface area contributed by atoms with Gasteiger partial charge in [-0.2, -0.15) is 10.2 Å². The number of nitrogens with zero attached hydrogens (tertiary/aromatic N) is 2. The average molecular weight is 474 g/mol. The van der Waals surface area contributed by atoms with E-state index in [1.165, 1.54) is 24.0 Å². The van der Waals surface area contributed by atoms with Crippen molar-refractivity contribution in [3.8, 4) is 5.75 Å². The number of nitrogens with one attached hydrogen (secondary N) is 1. The molecule has 0 saturated heterocycles. The van der Waals surface area contributed by atoms with Crippen molar-refractivity contribution in [1.29, 1.82) is 0 Å². The molecular formula is C29H32ClN3O. The highest BCUT2D eigenvalue weighted by molar-refractivity contribution is 6.30. The summed E-state index contributed by atoms with van der Waals surface area (Å²) in [6.45, 7) is 5.66. The van der Waals surface area contributed by atoms with Crippen LogP contribution in [0, 0.1) is 0 Å². The summed E-state index contributed by atoms with van der Waals surface area (Å²) in [4.78, 5) is 0. The van der Waals surface area contributed by atoms with Crippen molar-refractivity contribution in [2.45, 2.75) is 45.4 Å². The molecule has 176 valence electrons. The molecule has 0 fully saturated rings. The minimum absolute atomic E-state index is 0.127. The van der Waals surface area contributed by atoms with E-state index >= 15 is 0 Å². The van der Waals surface area contributed by atoms with Crippen molar-refractivity contribution in [2.24, 2.45) is 10.2 Å². The summed E-state index contributed by atoms with van der Waals surface area (Å²) in [7, 11) is 0. The molecule has 1 heterocycles. The van der Waals surface area contributed by atoms with E-state index < -0.39 is 0 Å². The standard InChI is InChI=1S/C29H32ClN3O/c1-3-5-7-12-23-19-25(34-4-2)17-18-27(23)32-33-29-26(21-10-8-6-9-11-21)20-31-28(29)22-13-15-24(30)16-14-22/h6,8-11,13-19,26,31H,3-5,7,12,20H2,1-2H3. The van der Waals surface area contributed by atoms with E-state index in [0.717, 1.165) is 52.8 Å². The van der Waals surface area contributed by atoms with E-state index in [1.54, 1.807) is 0 Å². The molecule has 0 aromatic heterocycles. The fourth-order valence-electron chi connectivity index (χ4n) is 4.30. The van der Waals surface area contributed by atoms with Gasteiger partial charge in [0.2, 0.25) is 0 Å². The summed E-state index contributed by atoms with van der Waals surface area (Å²) in [6, 6.07) is 24.5. The van der Waals surface area contributed by atoms with Gasteiger partial charge in [0, 0.05) is 17.5 Å². The molecule has 1 aliphatic rings. The summed E-state index contributed by atoms with van der Waals surface area (Å²) in [5.74, 6) is 1.01. The first-order valence-corrected chi connectivity index (χ1v) is 12.5. The van der Waals surface area contributed by atoms with Gasteiger partial charge in [0.05, 0.1) is 23.7 Å². The third-order valence-electron chi connectivity index (χ3n) is 6.08. The van der Waals surface area contributed by atoms with Gasteiger partial charge in [0.15, 0.2) is 0 Å². The molecule has 1 atom stereocenters. The first kappa shape index (κ1) is 24.0. The molecule has 4 nitrogen and oxygen atoms in total. The van der Waals surface area contributed by atoms with Gasteiger partial charge in [-0.25, -0.2) is 0 Å². The minimum atomic E-state index is 0.127.